The standard InChI is InChI=1S/C12H10F3N3/c13-11(7-12(11,14)15)10-17-6-9(18-10)5-8-1-3-16-4-2-8/h1-4,6H,5,7H2,(H,17,18). The summed E-state index contributed by atoms with van der Waals surface area (Å²) >= 11 is 0. The zero-order valence-corrected chi connectivity index (χ0v) is 9.33. The van der Waals surface area contributed by atoms with E-state index in [9.17, 15) is 13.2 Å². The number of hydrogen-bond acceptors (Lipinski definition) is 2. The molecule has 2 aromatic heterocycles. The van der Waals surface area contributed by atoms with E-state index in [-0.39, 0.29) is 5.82 Å². The van der Waals surface area contributed by atoms with Crippen LogP contribution in [0.5, 0.6) is 0 Å². The third kappa shape index (κ3) is 1.68. The molecule has 1 fully saturated rings. The molecular weight excluding hydrogens is 243 g/mol. The van der Waals surface area contributed by atoms with Crippen molar-refractivity contribution < 1.29 is 13.2 Å². The summed E-state index contributed by atoms with van der Waals surface area (Å²) in [5.41, 5.74) is -1.05. The Bertz CT molecular complexity index is 567. The largest absolute Gasteiger partial charge is 0.343 e. The molecule has 2 heterocycles. The lowest BCUT2D eigenvalue weighted by Gasteiger charge is -2.02. The second-order valence-corrected chi connectivity index (χ2v) is 4.47. The first-order valence-electron chi connectivity index (χ1n) is 5.51. The van der Waals surface area contributed by atoms with Crippen molar-refractivity contribution in [2.45, 2.75) is 24.4 Å². The van der Waals surface area contributed by atoms with Crippen LogP contribution in [-0.2, 0) is 12.1 Å². The van der Waals surface area contributed by atoms with Crippen molar-refractivity contribution in [2.24, 2.45) is 0 Å². The van der Waals surface area contributed by atoms with Gasteiger partial charge in [0.2, 0.25) is 5.67 Å². The Kier molecular flexibility index (Phi) is 2.23. The molecule has 94 valence electrons. The van der Waals surface area contributed by atoms with Crippen LogP contribution in [0.25, 0.3) is 0 Å². The SMILES string of the molecule is FC1(F)CC1(F)c1ncc(Cc2ccncc2)[nH]1. The van der Waals surface area contributed by atoms with E-state index in [2.05, 4.69) is 15.0 Å². The van der Waals surface area contributed by atoms with Gasteiger partial charge in [-0.05, 0) is 17.7 Å². The Hall–Kier alpha value is -1.85. The van der Waals surface area contributed by atoms with Crippen LogP contribution in [0, 0.1) is 0 Å². The summed E-state index contributed by atoms with van der Waals surface area (Å²) in [5.74, 6) is -3.57. The topological polar surface area (TPSA) is 41.6 Å². The van der Waals surface area contributed by atoms with Crippen molar-refractivity contribution in [2.75, 3.05) is 0 Å². The van der Waals surface area contributed by atoms with Crippen molar-refractivity contribution in [3.05, 3.63) is 47.8 Å². The van der Waals surface area contributed by atoms with Crippen molar-refractivity contribution in [1.29, 1.82) is 0 Å². The lowest BCUT2D eigenvalue weighted by atomic mass is 10.1. The van der Waals surface area contributed by atoms with Crippen LogP contribution in [-0.4, -0.2) is 20.9 Å². The lowest BCUT2D eigenvalue weighted by molar-refractivity contribution is 0.0385. The van der Waals surface area contributed by atoms with Gasteiger partial charge in [0.25, 0.3) is 5.92 Å². The van der Waals surface area contributed by atoms with Crippen LogP contribution in [0.15, 0.2) is 30.7 Å². The number of aromatic nitrogens is 3. The van der Waals surface area contributed by atoms with E-state index in [1.54, 1.807) is 24.5 Å². The minimum atomic E-state index is -3.29. The van der Waals surface area contributed by atoms with Gasteiger partial charge >= 0.3 is 0 Å². The number of imidazole rings is 1. The molecule has 1 aliphatic carbocycles. The fraction of sp³-hybridized carbons (Fsp3) is 0.333. The summed E-state index contributed by atoms with van der Waals surface area (Å²) in [7, 11) is 0. The molecule has 6 heteroatoms. The van der Waals surface area contributed by atoms with Crippen molar-refractivity contribution in [1.82, 2.24) is 15.0 Å². The zero-order valence-electron chi connectivity index (χ0n) is 9.33. The summed E-state index contributed by atoms with van der Waals surface area (Å²) in [6.07, 6.45) is 4.36. The highest BCUT2D eigenvalue weighted by molar-refractivity contribution is 5.26. The molecule has 1 unspecified atom stereocenters. The Balaban J connectivity index is 1.79. The van der Waals surface area contributed by atoms with E-state index in [0.29, 0.717) is 12.1 Å². The third-order valence-corrected chi connectivity index (χ3v) is 3.07. The molecule has 0 aliphatic heterocycles. The number of pyridine rings is 1. The van der Waals surface area contributed by atoms with Gasteiger partial charge < -0.3 is 4.98 Å². The summed E-state index contributed by atoms with van der Waals surface area (Å²) < 4.78 is 39.4. The van der Waals surface area contributed by atoms with Gasteiger partial charge in [-0.2, -0.15) is 0 Å². The molecule has 18 heavy (non-hydrogen) atoms. The quantitative estimate of drug-likeness (QED) is 0.913. The number of rotatable bonds is 3. The molecule has 0 bridgehead atoms. The average molecular weight is 253 g/mol. The fourth-order valence-electron chi connectivity index (χ4n) is 1.89. The Labute approximate surface area is 101 Å². The van der Waals surface area contributed by atoms with Gasteiger partial charge in [0.15, 0.2) is 5.82 Å². The number of halogens is 3. The molecular formula is C12H10F3N3. The smallest absolute Gasteiger partial charge is 0.292 e. The second-order valence-electron chi connectivity index (χ2n) is 4.47. The highest BCUT2D eigenvalue weighted by Gasteiger charge is 2.76. The maximum Gasteiger partial charge on any atom is 0.292 e. The fourth-order valence-corrected chi connectivity index (χ4v) is 1.89. The van der Waals surface area contributed by atoms with Gasteiger partial charge in [0.1, 0.15) is 0 Å². The van der Waals surface area contributed by atoms with Crippen LogP contribution < -0.4 is 0 Å². The van der Waals surface area contributed by atoms with E-state index in [0.717, 1.165) is 5.56 Å². The molecule has 0 spiro atoms. The van der Waals surface area contributed by atoms with Crippen LogP contribution in [0.2, 0.25) is 0 Å². The predicted octanol–water partition coefficient (Wildman–Crippen LogP) is 2.60. The van der Waals surface area contributed by atoms with Crippen LogP contribution in [0.1, 0.15) is 23.5 Å². The van der Waals surface area contributed by atoms with Crippen LogP contribution >= 0.6 is 0 Å². The van der Waals surface area contributed by atoms with E-state index < -0.39 is 18.0 Å². The van der Waals surface area contributed by atoms with E-state index >= 15 is 0 Å². The van der Waals surface area contributed by atoms with Gasteiger partial charge in [-0.15, -0.1) is 0 Å². The average Bonchev–Trinajstić information content (AvgIpc) is 2.71. The van der Waals surface area contributed by atoms with Gasteiger partial charge in [-0.1, -0.05) is 0 Å². The number of aromatic amines is 1. The zero-order chi connectivity index (χ0) is 12.8. The first-order chi connectivity index (χ1) is 8.51. The van der Waals surface area contributed by atoms with Crippen LogP contribution in [0.4, 0.5) is 13.2 Å². The summed E-state index contributed by atoms with van der Waals surface area (Å²) in [4.78, 5) is 10.2. The molecule has 0 amide bonds. The maximum absolute atomic E-state index is 13.7. The van der Waals surface area contributed by atoms with Gasteiger partial charge in [0.05, 0.1) is 6.42 Å². The van der Waals surface area contributed by atoms with Crippen molar-refractivity contribution in [3.8, 4) is 0 Å². The first kappa shape index (κ1) is 11.3. The van der Waals surface area contributed by atoms with Crippen molar-refractivity contribution >= 4 is 0 Å². The monoisotopic (exact) mass is 253 g/mol. The van der Waals surface area contributed by atoms with E-state index in [1.807, 2.05) is 0 Å². The number of H-pyrrole nitrogens is 1. The highest BCUT2D eigenvalue weighted by atomic mass is 19.3. The van der Waals surface area contributed by atoms with E-state index in [4.69, 9.17) is 0 Å². The van der Waals surface area contributed by atoms with Crippen molar-refractivity contribution in [3.63, 3.8) is 0 Å². The third-order valence-electron chi connectivity index (χ3n) is 3.07. The summed E-state index contributed by atoms with van der Waals surface area (Å²) in [5, 5.41) is 0. The lowest BCUT2D eigenvalue weighted by Crippen LogP contribution is -2.11. The molecule has 0 aromatic carbocycles. The Morgan fingerprint density at radius 2 is 1.89 bits per heavy atom. The molecule has 3 rings (SSSR count). The number of nitrogens with one attached hydrogen (secondary N) is 1. The molecule has 0 saturated heterocycles. The minimum Gasteiger partial charge on any atom is -0.343 e. The molecule has 3 nitrogen and oxygen atoms in total. The molecule has 1 N–H and O–H groups in total. The molecule has 1 atom stereocenters. The molecule has 2 aromatic rings. The van der Waals surface area contributed by atoms with Gasteiger partial charge in [-0.3, -0.25) is 4.98 Å². The number of hydrogen-bond donors (Lipinski definition) is 1. The van der Waals surface area contributed by atoms with Gasteiger partial charge in [0, 0.05) is 30.7 Å². The normalized spacial score (nSPS) is 25.1. The van der Waals surface area contributed by atoms with Crippen LogP contribution in [0.3, 0.4) is 0 Å². The first-order valence-corrected chi connectivity index (χ1v) is 5.51. The minimum absolute atomic E-state index is 0.281. The molecule has 1 saturated carbocycles. The predicted molar refractivity (Wildman–Crippen MR) is 58.0 cm³/mol. The highest BCUT2D eigenvalue weighted by Crippen LogP contribution is 2.61. The molecule has 0 radical (unpaired) electrons. The maximum atomic E-state index is 13.7. The Morgan fingerprint density at radius 1 is 1.22 bits per heavy atom. The molecule has 1 aliphatic rings. The Morgan fingerprint density at radius 3 is 2.50 bits per heavy atom. The number of nitrogens with zero attached hydrogens (tertiary/aromatic N) is 2. The van der Waals surface area contributed by atoms with Gasteiger partial charge in [-0.25, -0.2) is 18.2 Å². The number of alkyl halides is 3. The summed E-state index contributed by atoms with van der Waals surface area (Å²) in [6.45, 7) is 0. The second kappa shape index (κ2) is 3.57. The van der Waals surface area contributed by atoms with E-state index in [1.165, 1.54) is 6.20 Å². The summed E-state index contributed by atoms with van der Waals surface area (Å²) in [6, 6.07) is 3.61.